The minimum Gasteiger partial charge on any atom is -0.466 e. The summed E-state index contributed by atoms with van der Waals surface area (Å²) in [7, 11) is 1.24. The Morgan fingerprint density at radius 2 is 2.07 bits per heavy atom. The van der Waals surface area contributed by atoms with Crippen molar-refractivity contribution in [1.29, 1.82) is 0 Å². The van der Waals surface area contributed by atoms with Gasteiger partial charge in [0.05, 0.1) is 18.1 Å². The van der Waals surface area contributed by atoms with Crippen LogP contribution in [0.25, 0.3) is 22.8 Å². The number of halogens is 3. The fraction of sp³-hybridized carbons (Fsp3) is 0.333. The van der Waals surface area contributed by atoms with Crippen LogP contribution in [0.3, 0.4) is 0 Å². The molecule has 0 atom stereocenters. The maximum atomic E-state index is 13.5. The first-order chi connectivity index (χ1) is 13.2. The Morgan fingerprint density at radius 1 is 1.32 bits per heavy atom. The van der Waals surface area contributed by atoms with Crippen LogP contribution in [0.15, 0.2) is 29.3 Å². The zero-order valence-corrected chi connectivity index (χ0v) is 16.1. The van der Waals surface area contributed by atoms with E-state index in [0.29, 0.717) is 27.8 Å². The van der Waals surface area contributed by atoms with Crippen molar-refractivity contribution < 1.29 is 22.7 Å². The number of ether oxygens (including phenoxy) is 1. The van der Waals surface area contributed by atoms with E-state index in [1.165, 1.54) is 37.1 Å². The third-order valence-electron chi connectivity index (χ3n) is 3.74. The van der Waals surface area contributed by atoms with Gasteiger partial charge in [-0.3, -0.25) is 4.40 Å². The molecule has 0 N–H and O–H groups in total. The van der Waals surface area contributed by atoms with Gasteiger partial charge in [0.2, 0.25) is 5.82 Å². The van der Waals surface area contributed by atoms with Gasteiger partial charge in [0.25, 0.3) is 0 Å². The van der Waals surface area contributed by atoms with E-state index in [1.54, 1.807) is 12.1 Å². The van der Waals surface area contributed by atoms with Gasteiger partial charge in [-0.25, -0.2) is 9.78 Å². The SMILES string of the molecule is COC(=O)/C=C/c1ccc2nc(SCC(C)C)c3nnc(C(F)(F)F)n3c2c1. The Bertz CT molecular complexity index is 1060. The predicted molar refractivity (Wildman–Crippen MR) is 99.9 cm³/mol. The lowest BCUT2D eigenvalue weighted by Gasteiger charge is -2.11. The molecule has 0 fully saturated rings. The summed E-state index contributed by atoms with van der Waals surface area (Å²) >= 11 is 1.34. The number of carbonyl (C=O) groups excluding carboxylic acids is 1. The van der Waals surface area contributed by atoms with Crippen LogP contribution in [-0.4, -0.2) is 38.4 Å². The fourth-order valence-electron chi connectivity index (χ4n) is 2.49. The molecule has 0 amide bonds. The van der Waals surface area contributed by atoms with E-state index in [9.17, 15) is 18.0 Å². The molecule has 0 saturated carbocycles. The van der Waals surface area contributed by atoms with Crippen molar-refractivity contribution in [3.63, 3.8) is 0 Å². The summed E-state index contributed by atoms with van der Waals surface area (Å²) in [6.45, 7) is 4.02. The second-order valence-electron chi connectivity index (χ2n) is 6.41. The molecule has 2 heterocycles. The summed E-state index contributed by atoms with van der Waals surface area (Å²) in [5.74, 6) is -0.666. The molecular formula is C18H17F3N4O2S. The Hall–Kier alpha value is -2.62. The number of methoxy groups -OCH3 is 1. The first-order valence-corrected chi connectivity index (χ1v) is 9.34. The standard InChI is InChI=1S/C18H17F3N4O2S/c1-10(2)9-28-16-15-23-24-17(18(19,20)21)25(15)13-8-11(4-6-12(13)22-16)5-7-14(26)27-3/h4-8,10H,9H2,1-3H3/b7-5+. The molecule has 3 aromatic rings. The lowest BCUT2D eigenvalue weighted by molar-refractivity contribution is -0.145. The van der Waals surface area contributed by atoms with Crippen molar-refractivity contribution in [3.8, 4) is 0 Å². The number of fused-ring (bicyclic) bond motifs is 3. The molecule has 0 saturated heterocycles. The molecular weight excluding hydrogens is 393 g/mol. The van der Waals surface area contributed by atoms with Crippen LogP contribution in [0.5, 0.6) is 0 Å². The van der Waals surface area contributed by atoms with Crippen molar-refractivity contribution in [2.45, 2.75) is 25.0 Å². The quantitative estimate of drug-likeness (QED) is 0.356. The highest BCUT2D eigenvalue weighted by atomic mass is 32.2. The smallest absolute Gasteiger partial charge is 0.452 e. The molecule has 28 heavy (non-hydrogen) atoms. The van der Waals surface area contributed by atoms with E-state index in [4.69, 9.17) is 0 Å². The van der Waals surface area contributed by atoms with E-state index < -0.39 is 18.0 Å². The number of rotatable bonds is 5. The highest BCUT2D eigenvalue weighted by Crippen LogP contribution is 2.33. The van der Waals surface area contributed by atoms with Crippen molar-refractivity contribution in [2.24, 2.45) is 5.92 Å². The predicted octanol–water partition coefficient (Wildman–Crippen LogP) is 4.23. The van der Waals surface area contributed by atoms with Crippen LogP contribution in [0.2, 0.25) is 0 Å². The molecule has 0 aliphatic rings. The van der Waals surface area contributed by atoms with Gasteiger partial charge in [-0.05, 0) is 29.7 Å². The first kappa shape index (κ1) is 20.1. The normalized spacial score (nSPS) is 12.5. The maximum absolute atomic E-state index is 13.5. The van der Waals surface area contributed by atoms with Gasteiger partial charge < -0.3 is 4.74 Å². The minimum absolute atomic E-state index is 0.0552. The van der Waals surface area contributed by atoms with Crippen LogP contribution in [0.1, 0.15) is 25.2 Å². The Labute approximate surface area is 162 Å². The molecule has 0 unspecified atom stereocenters. The summed E-state index contributed by atoms with van der Waals surface area (Å²) in [5, 5.41) is 7.50. The zero-order valence-electron chi connectivity index (χ0n) is 15.3. The second-order valence-corrected chi connectivity index (χ2v) is 7.42. The number of alkyl halides is 3. The van der Waals surface area contributed by atoms with Crippen LogP contribution >= 0.6 is 11.8 Å². The topological polar surface area (TPSA) is 69.4 Å². The Morgan fingerprint density at radius 3 is 2.71 bits per heavy atom. The number of thioether (sulfide) groups is 1. The lowest BCUT2D eigenvalue weighted by atomic mass is 10.1. The average Bonchev–Trinajstić information content (AvgIpc) is 3.10. The number of carbonyl (C=O) groups is 1. The number of nitrogens with zero attached hydrogens (tertiary/aromatic N) is 4. The molecule has 0 aliphatic carbocycles. The highest BCUT2D eigenvalue weighted by Gasteiger charge is 2.38. The van der Waals surface area contributed by atoms with Gasteiger partial charge in [0, 0.05) is 11.8 Å². The van der Waals surface area contributed by atoms with E-state index in [0.717, 1.165) is 4.40 Å². The van der Waals surface area contributed by atoms with Gasteiger partial charge in [-0.1, -0.05) is 19.9 Å². The van der Waals surface area contributed by atoms with Crippen molar-refractivity contribution in [2.75, 3.05) is 12.9 Å². The Balaban J connectivity index is 2.23. The molecule has 148 valence electrons. The maximum Gasteiger partial charge on any atom is 0.452 e. The fourth-order valence-corrected chi connectivity index (χ4v) is 3.40. The highest BCUT2D eigenvalue weighted by molar-refractivity contribution is 7.99. The molecule has 0 radical (unpaired) electrons. The van der Waals surface area contributed by atoms with Crippen molar-refractivity contribution >= 4 is 40.5 Å². The van der Waals surface area contributed by atoms with E-state index in [-0.39, 0.29) is 11.2 Å². The first-order valence-electron chi connectivity index (χ1n) is 8.35. The number of hydrogen-bond acceptors (Lipinski definition) is 6. The summed E-state index contributed by atoms with van der Waals surface area (Å²) in [6.07, 6.45) is -2.03. The van der Waals surface area contributed by atoms with Crippen LogP contribution in [0.4, 0.5) is 13.2 Å². The summed E-state index contributed by atoms with van der Waals surface area (Å²) in [5.41, 5.74) is 1.15. The van der Waals surface area contributed by atoms with Gasteiger partial charge >= 0.3 is 12.1 Å². The summed E-state index contributed by atoms with van der Waals surface area (Å²) in [6, 6.07) is 4.77. The number of hydrogen-bond donors (Lipinski definition) is 0. The molecule has 1 aromatic carbocycles. The number of esters is 1. The van der Waals surface area contributed by atoms with Crippen molar-refractivity contribution in [1.82, 2.24) is 19.6 Å². The zero-order chi connectivity index (χ0) is 20.5. The lowest BCUT2D eigenvalue weighted by Crippen LogP contribution is -2.12. The van der Waals surface area contributed by atoms with Crippen LogP contribution < -0.4 is 0 Å². The minimum atomic E-state index is -4.68. The molecule has 2 aromatic heterocycles. The molecule has 3 rings (SSSR count). The van der Waals surface area contributed by atoms with Crippen LogP contribution in [-0.2, 0) is 15.7 Å². The second kappa shape index (κ2) is 7.78. The summed E-state index contributed by atoms with van der Waals surface area (Å²) < 4.78 is 46.0. The van der Waals surface area contributed by atoms with E-state index in [2.05, 4.69) is 19.9 Å². The number of benzene rings is 1. The van der Waals surface area contributed by atoms with Crippen LogP contribution in [0, 0.1) is 5.92 Å². The third-order valence-corrected chi connectivity index (χ3v) is 5.12. The number of aromatic nitrogens is 4. The van der Waals surface area contributed by atoms with Gasteiger partial charge in [0.1, 0.15) is 5.03 Å². The van der Waals surface area contributed by atoms with Gasteiger partial charge in [-0.15, -0.1) is 22.0 Å². The average molecular weight is 410 g/mol. The molecule has 0 aliphatic heterocycles. The van der Waals surface area contributed by atoms with Gasteiger partial charge in [0.15, 0.2) is 5.65 Å². The van der Waals surface area contributed by atoms with E-state index >= 15 is 0 Å². The molecule has 10 heteroatoms. The van der Waals surface area contributed by atoms with Gasteiger partial charge in [-0.2, -0.15) is 13.2 Å². The Kier molecular flexibility index (Phi) is 5.59. The largest absolute Gasteiger partial charge is 0.466 e. The van der Waals surface area contributed by atoms with Crippen molar-refractivity contribution in [3.05, 3.63) is 35.7 Å². The van der Waals surface area contributed by atoms with E-state index in [1.807, 2.05) is 13.8 Å². The monoisotopic (exact) mass is 410 g/mol. The molecule has 0 bridgehead atoms. The third kappa shape index (κ3) is 4.11. The molecule has 0 spiro atoms. The molecule has 6 nitrogen and oxygen atoms in total. The summed E-state index contributed by atoms with van der Waals surface area (Å²) in [4.78, 5) is 15.8.